The number of halogens is 1. The Morgan fingerprint density at radius 3 is 2.89 bits per heavy atom. The molecule has 4 nitrogen and oxygen atoms in total. The average molecular weight is 266 g/mol. The van der Waals surface area contributed by atoms with Crippen molar-refractivity contribution >= 4 is 17.4 Å². The number of H-pyrrole nitrogens is 1. The van der Waals surface area contributed by atoms with Crippen LogP contribution in [0.15, 0.2) is 18.2 Å². The van der Waals surface area contributed by atoms with Crippen LogP contribution >= 0.6 is 11.6 Å². The van der Waals surface area contributed by atoms with E-state index >= 15 is 0 Å². The van der Waals surface area contributed by atoms with Crippen LogP contribution in [0.25, 0.3) is 11.3 Å². The predicted octanol–water partition coefficient (Wildman–Crippen LogP) is 3.27. The third-order valence-electron chi connectivity index (χ3n) is 2.83. The zero-order chi connectivity index (χ0) is 13.1. The first-order valence-corrected chi connectivity index (χ1v) is 6.21. The van der Waals surface area contributed by atoms with Crippen LogP contribution < -0.4 is 10.5 Å². The summed E-state index contributed by atoms with van der Waals surface area (Å²) >= 11 is 5.96. The molecule has 2 aromatic rings. The Balaban J connectivity index is 2.54. The Labute approximate surface area is 111 Å². The number of ether oxygens (including phenoxy) is 1. The van der Waals surface area contributed by atoms with E-state index in [1.807, 2.05) is 12.1 Å². The number of methoxy groups -OCH3 is 1. The fourth-order valence-electron chi connectivity index (χ4n) is 1.98. The first-order valence-electron chi connectivity index (χ1n) is 5.84. The fourth-order valence-corrected chi connectivity index (χ4v) is 2.14. The summed E-state index contributed by atoms with van der Waals surface area (Å²) in [6.07, 6.45) is 1.89. The van der Waals surface area contributed by atoms with E-state index in [2.05, 4.69) is 17.1 Å². The normalized spacial score (nSPS) is 10.6. The van der Waals surface area contributed by atoms with E-state index in [4.69, 9.17) is 22.1 Å². The van der Waals surface area contributed by atoms with E-state index in [0.29, 0.717) is 16.6 Å². The minimum absolute atomic E-state index is 0.545. The number of anilines is 1. The molecule has 0 amide bonds. The van der Waals surface area contributed by atoms with Crippen molar-refractivity contribution in [3.8, 4) is 17.0 Å². The van der Waals surface area contributed by atoms with Gasteiger partial charge in [0.05, 0.1) is 12.8 Å². The first-order chi connectivity index (χ1) is 8.67. The number of rotatable bonds is 4. The van der Waals surface area contributed by atoms with Gasteiger partial charge in [0.25, 0.3) is 0 Å². The number of aromatic nitrogens is 2. The Bertz CT molecular complexity index is 551. The molecule has 0 atom stereocenters. The molecule has 0 fully saturated rings. The van der Waals surface area contributed by atoms with Crippen LogP contribution in [0, 0.1) is 0 Å². The number of hydrogen-bond acceptors (Lipinski definition) is 3. The lowest BCUT2D eigenvalue weighted by Crippen LogP contribution is -1.94. The second kappa shape index (κ2) is 5.31. The maximum absolute atomic E-state index is 5.96. The SMILES string of the molecule is CCCc1c(N)n[nH]c1-c1ccc(Cl)cc1OC. The molecule has 2 rings (SSSR count). The van der Waals surface area contributed by atoms with Gasteiger partial charge in [-0.1, -0.05) is 24.9 Å². The molecule has 18 heavy (non-hydrogen) atoms. The smallest absolute Gasteiger partial charge is 0.149 e. The van der Waals surface area contributed by atoms with Gasteiger partial charge >= 0.3 is 0 Å². The summed E-state index contributed by atoms with van der Waals surface area (Å²) in [6, 6.07) is 5.52. The molecule has 0 bridgehead atoms. The molecular weight excluding hydrogens is 250 g/mol. The lowest BCUT2D eigenvalue weighted by molar-refractivity contribution is 0.416. The molecule has 0 saturated carbocycles. The van der Waals surface area contributed by atoms with E-state index in [1.165, 1.54) is 0 Å². The van der Waals surface area contributed by atoms with Gasteiger partial charge in [-0.3, -0.25) is 5.10 Å². The highest BCUT2D eigenvalue weighted by Crippen LogP contribution is 2.35. The number of aromatic amines is 1. The minimum atomic E-state index is 0.545. The van der Waals surface area contributed by atoms with Crippen LogP contribution in [0.1, 0.15) is 18.9 Å². The van der Waals surface area contributed by atoms with Crippen molar-refractivity contribution in [2.24, 2.45) is 0 Å². The van der Waals surface area contributed by atoms with Crippen molar-refractivity contribution in [3.05, 3.63) is 28.8 Å². The highest BCUT2D eigenvalue weighted by Gasteiger charge is 2.15. The molecule has 1 aromatic carbocycles. The average Bonchev–Trinajstić information content (AvgIpc) is 2.72. The topological polar surface area (TPSA) is 63.9 Å². The van der Waals surface area contributed by atoms with E-state index in [-0.39, 0.29) is 0 Å². The van der Waals surface area contributed by atoms with Crippen LogP contribution in [0.2, 0.25) is 5.02 Å². The molecule has 0 aliphatic carbocycles. The summed E-state index contributed by atoms with van der Waals surface area (Å²) in [4.78, 5) is 0. The Hall–Kier alpha value is -1.68. The number of nitrogens with one attached hydrogen (secondary N) is 1. The molecular formula is C13H16ClN3O. The van der Waals surface area contributed by atoms with Gasteiger partial charge in [-0.05, 0) is 24.6 Å². The molecule has 3 N–H and O–H groups in total. The lowest BCUT2D eigenvalue weighted by atomic mass is 10.0. The van der Waals surface area contributed by atoms with Crippen LogP contribution in [-0.4, -0.2) is 17.3 Å². The van der Waals surface area contributed by atoms with Gasteiger partial charge in [-0.2, -0.15) is 5.10 Å². The first kappa shape index (κ1) is 12.8. The molecule has 0 aliphatic heterocycles. The number of nitrogens with two attached hydrogens (primary N) is 1. The van der Waals surface area contributed by atoms with Crippen LogP contribution in [0.5, 0.6) is 5.75 Å². The van der Waals surface area contributed by atoms with E-state index in [1.54, 1.807) is 13.2 Å². The Morgan fingerprint density at radius 1 is 1.44 bits per heavy atom. The van der Waals surface area contributed by atoms with Gasteiger partial charge in [0.2, 0.25) is 0 Å². The molecule has 0 aliphatic rings. The minimum Gasteiger partial charge on any atom is -0.496 e. The van der Waals surface area contributed by atoms with Crippen LogP contribution in [0.4, 0.5) is 5.82 Å². The molecule has 1 aromatic heterocycles. The second-order valence-corrected chi connectivity index (χ2v) is 4.49. The maximum atomic E-state index is 5.96. The molecule has 0 saturated heterocycles. The van der Waals surface area contributed by atoms with Gasteiger partial charge < -0.3 is 10.5 Å². The second-order valence-electron chi connectivity index (χ2n) is 4.06. The maximum Gasteiger partial charge on any atom is 0.149 e. The monoisotopic (exact) mass is 265 g/mol. The molecule has 0 radical (unpaired) electrons. The molecule has 96 valence electrons. The molecule has 0 spiro atoms. The Morgan fingerprint density at radius 2 is 2.22 bits per heavy atom. The van der Waals surface area contributed by atoms with Crippen molar-refractivity contribution in [1.29, 1.82) is 0 Å². The van der Waals surface area contributed by atoms with E-state index in [0.717, 1.165) is 29.7 Å². The van der Waals surface area contributed by atoms with Crippen molar-refractivity contribution in [2.75, 3.05) is 12.8 Å². The Kier molecular flexibility index (Phi) is 3.77. The zero-order valence-corrected chi connectivity index (χ0v) is 11.2. The van der Waals surface area contributed by atoms with Crippen LogP contribution in [0.3, 0.4) is 0 Å². The predicted molar refractivity (Wildman–Crippen MR) is 74.0 cm³/mol. The van der Waals surface area contributed by atoms with Crippen LogP contribution in [-0.2, 0) is 6.42 Å². The fraction of sp³-hybridized carbons (Fsp3) is 0.308. The van der Waals surface area contributed by atoms with Gasteiger partial charge in [0.15, 0.2) is 0 Å². The summed E-state index contributed by atoms with van der Waals surface area (Å²) < 4.78 is 5.35. The summed E-state index contributed by atoms with van der Waals surface area (Å²) in [7, 11) is 1.62. The highest BCUT2D eigenvalue weighted by atomic mass is 35.5. The van der Waals surface area contributed by atoms with Crippen molar-refractivity contribution < 1.29 is 4.74 Å². The summed E-state index contributed by atoms with van der Waals surface area (Å²) in [5.41, 5.74) is 8.73. The van der Waals surface area contributed by atoms with Crippen molar-refractivity contribution in [1.82, 2.24) is 10.2 Å². The van der Waals surface area contributed by atoms with Gasteiger partial charge in [0, 0.05) is 16.1 Å². The number of hydrogen-bond donors (Lipinski definition) is 2. The number of nitrogens with zero attached hydrogens (tertiary/aromatic N) is 1. The third kappa shape index (κ3) is 2.29. The van der Waals surface area contributed by atoms with Crippen molar-refractivity contribution in [3.63, 3.8) is 0 Å². The van der Waals surface area contributed by atoms with E-state index < -0.39 is 0 Å². The molecule has 1 heterocycles. The summed E-state index contributed by atoms with van der Waals surface area (Å²) in [5, 5.41) is 7.68. The standard InChI is InChI=1S/C13H16ClN3O/c1-3-4-10-12(16-17-13(10)15)9-6-5-8(14)7-11(9)18-2/h5-7H,3-4H2,1-2H3,(H3,15,16,17). The molecule has 0 unspecified atom stereocenters. The number of benzene rings is 1. The van der Waals surface area contributed by atoms with Gasteiger partial charge in [-0.25, -0.2) is 0 Å². The largest absolute Gasteiger partial charge is 0.496 e. The zero-order valence-electron chi connectivity index (χ0n) is 10.5. The summed E-state index contributed by atoms with van der Waals surface area (Å²) in [6.45, 7) is 2.11. The third-order valence-corrected chi connectivity index (χ3v) is 3.07. The quantitative estimate of drug-likeness (QED) is 0.892. The molecule has 5 heteroatoms. The van der Waals surface area contributed by atoms with Gasteiger partial charge in [-0.15, -0.1) is 0 Å². The summed E-state index contributed by atoms with van der Waals surface area (Å²) in [5.74, 6) is 1.26. The highest BCUT2D eigenvalue weighted by molar-refractivity contribution is 6.30. The lowest BCUT2D eigenvalue weighted by Gasteiger charge is -2.09. The van der Waals surface area contributed by atoms with Gasteiger partial charge in [0.1, 0.15) is 11.6 Å². The van der Waals surface area contributed by atoms with Crippen molar-refractivity contribution in [2.45, 2.75) is 19.8 Å². The number of nitrogen functional groups attached to an aromatic ring is 1. The van der Waals surface area contributed by atoms with E-state index in [9.17, 15) is 0 Å².